The first kappa shape index (κ1) is 16.3. The predicted molar refractivity (Wildman–Crippen MR) is 95.2 cm³/mol. The van der Waals surface area contributed by atoms with Gasteiger partial charge in [-0.2, -0.15) is 0 Å². The Morgan fingerprint density at radius 1 is 1.08 bits per heavy atom. The minimum atomic E-state index is -0.0118. The maximum atomic E-state index is 12.6. The number of aryl methyl sites for hydroxylation is 2. The maximum absolute atomic E-state index is 12.6. The molecule has 2 fully saturated rings. The third kappa shape index (κ3) is 3.18. The van der Waals surface area contributed by atoms with Crippen LogP contribution in [0.4, 0.5) is 0 Å². The SMILES string of the molecule is Cc1ccc2n(c1=O)C(COC1CCC(C3CC3)CC1)C(N)CC2. The Morgan fingerprint density at radius 2 is 1.75 bits per heavy atom. The molecular weight excluding hydrogens is 300 g/mol. The Morgan fingerprint density at radius 3 is 2.42 bits per heavy atom. The maximum Gasteiger partial charge on any atom is 0.254 e. The van der Waals surface area contributed by atoms with Crippen LogP contribution in [0.3, 0.4) is 0 Å². The zero-order valence-electron chi connectivity index (χ0n) is 14.7. The molecule has 132 valence electrons. The quantitative estimate of drug-likeness (QED) is 0.923. The summed E-state index contributed by atoms with van der Waals surface area (Å²) in [7, 11) is 0. The van der Waals surface area contributed by atoms with Crippen LogP contribution in [0.5, 0.6) is 0 Å². The van der Waals surface area contributed by atoms with E-state index in [4.69, 9.17) is 10.5 Å². The van der Waals surface area contributed by atoms with Crippen molar-refractivity contribution in [2.45, 2.75) is 76.5 Å². The summed E-state index contributed by atoms with van der Waals surface area (Å²) in [6, 6.07) is 4.01. The summed E-state index contributed by atoms with van der Waals surface area (Å²) >= 11 is 0. The van der Waals surface area contributed by atoms with Crippen LogP contribution in [0.15, 0.2) is 16.9 Å². The predicted octanol–water partition coefficient (Wildman–Crippen LogP) is 2.96. The van der Waals surface area contributed by atoms with Gasteiger partial charge in [0.05, 0.1) is 18.8 Å². The van der Waals surface area contributed by atoms with Crippen molar-refractivity contribution >= 4 is 0 Å². The topological polar surface area (TPSA) is 57.2 Å². The fraction of sp³-hybridized carbons (Fsp3) is 0.750. The van der Waals surface area contributed by atoms with E-state index in [1.54, 1.807) is 0 Å². The Labute approximate surface area is 144 Å². The third-order valence-corrected chi connectivity index (χ3v) is 6.46. The number of aromatic nitrogens is 1. The molecule has 0 amide bonds. The van der Waals surface area contributed by atoms with Gasteiger partial charge in [0.2, 0.25) is 0 Å². The normalized spacial score (nSPS) is 33.2. The van der Waals surface area contributed by atoms with E-state index in [1.165, 1.54) is 38.5 Å². The van der Waals surface area contributed by atoms with E-state index in [1.807, 2.05) is 17.6 Å². The molecule has 2 heterocycles. The van der Waals surface area contributed by atoms with Gasteiger partial charge in [-0.05, 0) is 76.2 Å². The second-order valence-corrected chi connectivity index (χ2v) is 8.16. The number of nitrogens with two attached hydrogens (primary N) is 1. The van der Waals surface area contributed by atoms with Crippen molar-refractivity contribution in [3.8, 4) is 0 Å². The number of pyridine rings is 1. The molecule has 2 atom stereocenters. The monoisotopic (exact) mass is 330 g/mol. The molecule has 1 aromatic heterocycles. The van der Waals surface area contributed by atoms with Crippen LogP contribution < -0.4 is 11.3 Å². The standard InChI is InChI=1S/C20H30N2O2/c1-13-2-7-16-8-11-18(21)19(22(16)20(13)23)12-24-17-9-5-15(6-10-17)14-3-4-14/h2,7,14-15,17-19H,3-6,8-12,21H2,1H3. The molecule has 4 heteroatoms. The molecule has 0 aromatic carbocycles. The summed E-state index contributed by atoms with van der Waals surface area (Å²) in [4.78, 5) is 12.6. The minimum Gasteiger partial charge on any atom is -0.376 e. The Balaban J connectivity index is 1.41. The number of hydrogen-bond donors (Lipinski definition) is 1. The van der Waals surface area contributed by atoms with Crippen LogP contribution in [0.25, 0.3) is 0 Å². The molecule has 0 radical (unpaired) electrons. The van der Waals surface area contributed by atoms with E-state index in [0.717, 1.165) is 35.9 Å². The van der Waals surface area contributed by atoms with Gasteiger partial charge in [0.1, 0.15) is 0 Å². The zero-order valence-corrected chi connectivity index (χ0v) is 14.7. The van der Waals surface area contributed by atoms with Crippen LogP contribution in [-0.2, 0) is 11.2 Å². The summed E-state index contributed by atoms with van der Waals surface area (Å²) in [5.41, 5.74) is 8.37. The molecule has 2 aliphatic carbocycles. The van der Waals surface area contributed by atoms with Crippen LogP contribution in [-0.4, -0.2) is 23.3 Å². The fourth-order valence-electron chi connectivity index (χ4n) is 4.69. The Hall–Kier alpha value is -1.13. The van der Waals surface area contributed by atoms with Crippen LogP contribution in [0.2, 0.25) is 0 Å². The van der Waals surface area contributed by atoms with Gasteiger partial charge < -0.3 is 15.0 Å². The largest absolute Gasteiger partial charge is 0.376 e. The average molecular weight is 330 g/mol. The number of nitrogens with zero attached hydrogens (tertiary/aromatic N) is 1. The molecule has 2 unspecified atom stereocenters. The van der Waals surface area contributed by atoms with Crippen molar-refractivity contribution in [1.29, 1.82) is 0 Å². The van der Waals surface area contributed by atoms with Crippen molar-refractivity contribution in [3.05, 3.63) is 33.7 Å². The first-order chi connectivity index (χ1) is 11.6. The second kappa shape index (κ2) is 6.64. The molecule has 1 aromatic rings. The van der Waals surface area contributed by atoms with E-state index in [0.29, 0.717) is 12.7 Å². The number of ether oxygens (including phenoxy) is 1. The van der Waals surface area contributed by atoms with Crippen LogP contribution in [0, 0.1) is 18.8 Å². The molecule has 0 spiro atoms. The van der Waals surface area contributed by atoms with Gasteiger partial charge in [-0.25, -0.2) is 0 Å². The lowest BCUT2D eigenvalue weighted by atomic mass is 9.84. The zero-order chi connectivity index (χ0) is 16.7. The van der Waals surface area contributed by atoms with Crippen molar-refractivity contribution < 1.29 is 4.74 Å². The van der Waals surface area contributed by atoms with Gasteiger partial charge in [0.15, 0.2) is 0 Å². The van der Waals surface area contributed by atoms with Crippen molar-refractivity contribution in [3.63, 3.8) is 0 Å². The van der Waals surface area contributed by atoms with Crippen molar-refractivity contribution in [2.75, 3.05) is 6.61 Å². The van der Waals surface area contributed by atoms with Crippen LogP contribution in [0.1, 0.15) is 62.2 Å². The van der Waals surface area contributed by atoms with Gasteiger partial charge in [-0.3, -0.25) is 4.79 Å². The van der Waals surface area contributed by atoms with Gasteiger partial charge in [0, 0.05) is 17.3 Å². The summed E-state index contributed by atoms with van der Waals surface area (Å²) < 4.78 is 8.17. The molecule has 4 rings (SSSR count). The number of rotatable bonds is 4. The molecule has 24 heavy (non-hydrogen) atoms. The molecular formula is C20H30N2O2. The summed E-state index contributed by atoms with van der Waals surface area (Å²) in [6.45, 7) is 2.46. The van der Waals surface area contributed by atoms with Gasteiger partial charge in [0.25, 0.3) is 5.56 Å². The summed E-state index contributed by atoms with van der Waals surface area (Å²) in [5, 5.41) is 0. The highest BCUT2D eigenvalue weighted by atomic mass is 16.5. The van der Waals surface area contributed by atoms with Crippen LogP contribution >= 0.6 is 0 Å². The highest BCUT2D eigenvalue weighted by Gasteiger charge is 2.35. The second-order valence-electron chi connectivity index (χ2n) is 8.16. The molecule has 1 aliphatic heterocycles. The highest BCUT2D eigenvalue weighted by Crippen LogP contribution is 2.44. The first-order valence-corrected chi connectivity index (χ1v) is 9.71. The van der Waals surface area contributed by atoms with E-state index in [9.17, 15) is 4.79 Å². The molecule has 4 nitrogen and oxygen atoms in total. The number of hydrogen-bond acceptors (Lipinski definition) is 3. The van der Waals surface area contributed by atoms with Crippen molar-refractivity contribution in [2.24, 2.45) is 17.6 Å². The Kier molecular flexibility index (Phi) is 4.52. The molecule has 2 saturated carbocycles. The minimum absolute atomic E-state index is 0.0118. The van der Waals surface area contributed by atoms with E-state index in [-0.39, 0.29) is 17.6 Å². The fourth-order valence-corrected chi connectivity index (χ4v) is 4.69. The van der Waals surface area contributed by atoms with E-state index >= 15 is 0 Å². The third-order valence-electron chi connectivity index (χ3n) is 6.46. The molecule has 0 bridgehead atoms. The summed E-state index contributed by atoms with van der Waals surface area (Å²) in [5.74, 6) is 1.97. The lowest BCUT2D eigenvalue weighted by molar-refractivity contribution is -0.00737. The smallest absolute Gasteiger partial charge is 0.254 e. The van der Waals surface area contributed by atoms with Crippen molar-refractivity contribution in [1.82, 2.24) is 4.57 Å². The average Bonchev–Trinajstić information content (AvgIpc) is 3.43. The first-order valence-electron chi connectivity index (χ1n) is 9.71. The molecule has 2 N–H and O–H groups in total. The number of fused-ring (bicyclic) bond motifs is 1. The van der Waals surface area contributed by atoms with Gasteiger partial charge in [-0.1, -0.05) is 6.07 Å². The van der Waals surface area contributed by atoms with E-state index < -0.39 is 0 Å². The molecule has 3 aliphatic rings. The highest BCUT2D eigenvalue weighted by molar-refractivity contribution is 5.18. The summed E-state index contributed by atoms with van der Waals surface area (Å²) in [6.07, 6.45) is 10.1. The Bertz CT molecular complexity index is 642. The molecule has 0 saturated heterocycles. The van der Waals surface area contributed by atoms with Gasteiger partial charge >= 0.3 is 0 Å². The van der Waals surface area contributed by atoms with Gasteiger partial charge in [-0.15, -0.1) is 0 Å². The lowest BCUT2D eigenvalue weighted by Gasteiger charge is -2.35. The van der Waals surface area contributed by atoms with E-state index in [2.05, 4.69) is 6.07 Å². The lowest BCUT2D eigenvalue weighted by Crippen LogP contribution is -2.46.